The molecule has 0 amide bonds. The Bertz CT molecular complexity index is 534. The van der Waals surface area contributed by atoms with Gasteiger partial charge in [-0.25, -0.2) is 4.98 Å². The van der Waals surface area contributed by atoms with E-state index in [-0.39, 0.29) is 0 Å². The summed E-state index contributed by atoms with van der Waals surface area (Å²) in [5.41, 5.74) is 0. The molecule has 20 heavy (non-hydrogen) atoms. The van der Waals surface area contributed by atoms with E-state index in [0.29, 0.717) is 0 Å². The number of anilines is 2. The first-order chi connectivity index (χ1) is 9.86. The van der Waals surface area contributed by atoms with E-state index in [1.807, 2.05) is 18.3 Å². The minimum atomic E-state index is 0.983. The van der Waals surface area contributed by atoms with Crippen molar-refractivity contribution in [3.05, 3.63) is 29.4 Å². The lowest BCUT2D eigenvalue weighted by Crippen LogP contribution is -2.46. The molecule has 106 valence electrons. The summed E-state index contributed by atoms with van der Waals surface area (Å²) < 4.78 is 0. The fourth-order valence-electron chi connectivity index (χ4n) is 2.36. The van der Waals surface area contributed by atoms with Crippen molar-refractivity contribution >= 4 is 22.3 Å². The summed E-state index contributed by atoms with van der Waals surface area (Å²) in [6.45, 7) is 6.11. The quantitative estimate of drug-likeness (QED) is 0.863. The topological polar surface area (TPSA) is 45.2 Å². The Labute approximate surface area is 123 Å². The van der Waals surface area contributed by atoms with Gasteiger partial charge in [0.25, 0.3) is 0 Å². The second kappa shape index (κ2) is 6.17. The zero-order chi connectivity index (χ0) is 13.8. The Hall–Kier alpha value is -1.69. The molecule has 0 spiro atoms. The standard InChI is InChI=1S/C14H19N5S/c1-2-5-13-16-17-14(20-13)19-10-8-18(9-11-19)12-6-3-4-7-15-12/h3-4,6-7H,2,5,8-11H2,1H3. The number of hydrogen-bond donors (Lipinski definition) is 0. The molecule has 3 heterocycles. The van der Waals surface area contributed by atoms with Crippen molar-refractivity contribution in [3.63, 3.8) is 0 Å². The van der Waals surface area contributed by atoms with Gasteiger partial charge in [-0.1, -0.05) is 24.3 Å². The van der Waals surface area contributed by atoms with Gasteiger partial charge in [0.1, 0.15) is 10.8 Å². The highest BCUT2D eigenvalue weighted by Crippen LogP contribution is 2.23. The monoisotopic (exact) mass is 289 g/mol. The van der Waals surface area contributed by atoms with Crippen LogP contribution < -0.4 is 9.80 Å². The van der Waals surface area contributed by atoms with E-state index in [2.05, 4.69) is 38.0 Å². The summed E-state index contributed by atoms with van der Waals surface area (Å²) >= 11 is 1.73. The van der Waals surface area contributed by atoms with E-state index in [4.69, 9.17) is 0 Å². The normalized spacial score (nSPS) is 15.7. The smallest absolute Gasteiger partial charge is 0.208 e. The summed E-state index contributed by atoms with van der Waals surface area (Å²) in [5, 5.41) is 10.8. The summed E-state index contributed by atoms with van der Waals surface area (Å²) in [4.78, 5) is 9.06. The lowest BCUT2D eigenvalue weighted by molar-refractivity contribution is 0.643. The van der Waals surface area contributed by atoms with Crippen molar-refractivity contribution in [1.82, 2.24) is 15.2 Å². The van der Waals surface area contributed by atoms with Crippen molar-refractivity contribution in [2.45, 2.75) is 19.8 Å². The van der Waals surface area contributed by atoms with Crippen LogP contribution in [0.15, 0.2) is 24.4 Å². The van der Waals surface area contributed by atoms with Crippen LogP contribution in [0.2, 0.25) is 0 Å². The second-order valence-electron chi connectivity index (χ2n) is 4.89. The van der Waals surface area contributed by atoms with Crippen LogP contribution in [-0.2, 0) is 6.42 Å². The van der Waals surface area contributed by atoms with Crippen LogP contribution in [-0.4, -0.2) is 41.4 Å². The van der Waals surface area contributed by atoms with E-state index >= 15 is 0 Å². The number of rotatable bonds is 4. The zero-order valence-corrected chi connectivity index (χ0v) is 12.5. The first-order valence-electron chi connectivity index (χ1n) is 7.10. The number of pyridine rings is 1. The predicted octanol–water partition coefficient (Wildman–Crippen LogP) is 2.21. The number of piperazine rings is 1. The van der Waals surface area contributed by atoms with Gasteiger partial charge < -0.3 is 9.80 Å². The molecule has 1 saturated heterocycles. The third-order valence-corrected chi connectivity index (χ3v) is 4.49. The summed E-state index contributed by atoms with van der Waals surface area (Å²) in [7, 11) is 0. The van der Waals surface area contributed by atoms with Crippen molar-refractivity contribution in [2.24, 2.45) is 0 Å². The molecule has 0 aromatic carbocycles. The average Bonchev–Trinajstić information content (AvgIpc) is 2.97. The van der Waals surface area contributed by atoms with Gasteiger partial charge in [-0.15, -0.1) is 10.2 Å². The van der Waals surface area contributed by atoms with E-state index in [1.54, 1.807) is 11.3 Å². The molecule has 2 aromatic heterocycles. The Morgan fingerprint density at radius 3 is 2.60 bits per heavy atom. The van der Waals surface area contributed by atoms with Crippen molar-refractivity contribution in [3.8, 4) is 0 Å². The molecule has 0 atom stereocenters. The molecular weight excluding hydrogens is 270 g/mol. The number of nitrogens with zero attached hydrogens (tertiary/aromatic N) is 5. The summed E-state index contributed by atoms with van der Waals surface area (Å²) in [5.74, 6) is 1.07. The SMILES string of the molecule is CCCc1nnc(N2CCN(c3ccccn3)CC2)s1. The molecule has 3 rings (SSSR count). The fourth-order valence-corrected chi connectivity index (χ4v) is 3.35. The molecule has 0 radical (unpaired) electrons. The highest BCUT2D eigenvalue weighted by atomic mass is 32.1. The van der Waals surface area contributed by atoms with Crippen LogP contribution in [0.3, 0.4) is 0 Å². The summed E-state index contributed by atoms with van der Waals surface area (Å²) in [6.07, 6.45) is 4.01. The van der Waals surface area contributed by atoms with Crippen LogP contribution in [0.25, 0.3) is 0 Å². The Morgan fingerprint density at radius 2 is 1.90 bits per heavy atom. The molecule has 1 aliphatic heterocycles. The maximum absolute atomic E-state index is 4.41. The highest BCUT2D eigenvalue weighted by Gasteiger charge is 2.20. The fraction of sp³-hybridized carbons (Fsp3) is 0.500. The highest BCUT2D eigenvalue weighted by molar-refractivity contribution is 7.15. The number of aromatic nitrogens is 3. The number of hydrogen-bond acceptors (Lipinski definition) is 6. The minimum absolute atomic E-state index is 0.983. The molecule has 2 aromatic rings. The maximum atomic E-state index is 4.41. The van der Waals surface area contributed by atoms with Crippen LogP contribution in [0.4, 0.5) is 10.9 Å². The molecule has 1 aliphatic rings. The van der Waals surface area contributed by atoms with Gasteiger partial charge in [0.05, 0.1) is 0 Å². The minimum Gasteiger partial charge on any atom is -0.353 e. The van der Waals surface area contributed by atoms with Crippen LogP contribution in [0, 0.1) is 0 Å². The Kier molecular flexibility index (Phi) is 4.11. The summed E-state index contributed by atoms with van der Waals surface area (Å²) in [6, 6.07) is 6.06. The van der Waals surface area contributed by atoms with Crippen molar-refractivity contribution < 1.29 is 0 Å². The molecule has 0 saturated carbocycles. The van der Waals surface area contributed by atoms with Gasteiger partial charge in [0.2, 0.25) is 5.13 Å². The van der Waals surface area contributed by atoms with Gasteiger partial charge in [-0.2, -0.15) is 0 Å². The van der Waals surface area contributed by atoms with Crippen LogP contribution in [0.5, 0.6) is 0 Å². The molecule has 0 N–H and O–H groups in total. The largest absolute Gasteiger partial charge is 0.353 e. The first-order valence-corrected chi connectivity index (χ1v) is 7.92. The molecular formula is C14H19N5S. The molecule has 0 aliphatic carbocycles. The maximum Gasteiger partial charge on any atom is 0.208 e. The molecule has 6 heteroatoms. The van der Waals surface area contributed by atoms with E-state index in [9.17, 15) is 0 Å². The second-order valence-corrected chi connectivity index (χ2v) is 5.93. The zero-order valence-electron chi connectivity index (χ0n) is 11.7. The molecule has 1 fully saturated rings. The lowest BCUT2D eigenvalue weighted by Gasteiger charge is -2.34. The van der Waals surface area contributed by atoms with Gasteiger partial charge in [-0.3, -0.25) is 0 Å². The van der Waals surface area contributed by atoms with Gasteiger partial charge in [0.15, 0.2) is 0 Å². The van der Waals surface area contributed by atoms with Crippen molar-refractivity contribution in [2.75, 3.05) is 36.0 Å². The van der Waals surface area contributed by atoms with Crippen LogP contribution in [0.1, 0.15) is 18.4 Å². The number of aryl methyl sites for hydroxylation is 1. The molecule has 5 nitrogen and oxygen atoms in total. The molecule has 0 bridgehead atoms. The average molecular weight is 289 g/mol. The Balaban J connectivity index is 1.60. The van der Waals surface area contributed by atoms with E-state index < -0.39 is 0 Å². The third-order valence-electron chi connectivity index (χ3n) is 3.44. The first kappa shape index (κ1) is 13.3. The van der Waals surface area contributed by atoms with Gasteiger partial charge in [0, 0.05) is 38.8 Å². The van der Waals surface area contributed by atoms with Crippen LogP contribution >= 0.6 is 11.3 Å². The molecule has 0 unspecified atom stereocenters. The lowest BCUT2D eigenvalue weighted by atomic mass is 10.3. The third kappa shape index (κ3) is 2.90. The van der Waals surface area contributed by atoms with E-state index in [1.165, 1.54) is 0 Å². The van der Waals surface area contributed by atoms with Gasteiger partial charge >= 0.3 is 0 Å². The van der Waals surface area contributed by atoms with Gasteiger partial charge in [-0.05, 0) is 18.6 Å². The van der Waals surface area contributed by atoms with E-state index in [0.717, 1.165) is 55.0 Å². The van der Waals surface area contributed by atoms with Crippen molar-refractivity contribution in [1.29, 1.82) is 0 Å². The predicted molar refractivity (Wildman–Crippen MR) is 82.6 cm³/mol. The Morgan fingerprint density at radius 1 is 1.10 bits per heavy atom.